The number of nitrogens with one attached hydrogen (secondary N) is 2. The van der Waals surface area contributed by atoms with E-state index in [1.807, 2.05) is 14.1 Å². The molecule has 21 heavy (non-hydrogen) atoms. The Morgan fingerprint density at radius 3 is 2.76 bits per heavy atom. The molecular formula is C15H27N5O. The van der Waals surface area contributed by atoms with Crippen molar-refractivity contribution in [1.29, 1.82) is 0 Å². The van der Waals surface area contributed by atoms with Crippen LogP contribution in [0, 0.1) is 0 Å². The molecule has 1 aromatic rings. The summed E-state index contributed by atoms with van der Waals surface area (Å²) in [7, 11) is 4.08. The van der Waals surface area contributed by atoms with Gasteiger partial charge >= 0.3 is 0 Å². The van der Waals surface area contributed by atoms with E-state index in [0.29, 0.717) is 18.2 Å². The molecule has 1 amide bonds. The van der Waals surface area contributed by atoms with Crippen LogP contribution < -0.4 is 10.6 Å². The minimum atomic E-state index is -0.134. The van der Waals surface area contributed by atoms with Gasteiger partial charge in [-0.3, -0.25) is 4.79 Å². The summed E-state index contributed by atoms with van der Waals surface area (Å²) in [6.07, 6.45) is 5.89. The van der Waals surface area contributed by atoms with Gasteiger partial charge in [0.15, 0.2) is 0 Å². The largest absolute Gasteiger partial charge is 0.354 e. The van der Waals surface area contributed by atoms with Crippen LogP contribution in [0.25, 0.3) is 0 Å². The van der Waals surface area contributed by atoms with Crippen LogP contribution in [0.15, 0.2) is 12.3 Å². The number of hydrogen-bond donors (Lipinski definition) is 2. The molecule has 0 spiro atoms. The fraction of sp³-hybridized carbons (Fsp3) is 0.667. The van der Waals surface area contributed by atoms with Gasteiger partial charge in [0, 0.05) is 19.3 Å². The standard InChI is InChI=1S/C15H27N5O/c1-4-5-6-9-16-14(21)13-8-11-18-15(19-13)17-10-7-12-20(2)3/h8,11H,4-7,9-10,12H2,1-3H3,(H,16,21)(H,17,18,19). The molecule has 6 heteroatoms. The first-order valence-electron chi connectivity index (χ1n) is 7.63. The number of anilines is 1. The molecule has 0 aliphatic carbocycles. The zero-order valence-corrected chi connectivity index (χ0v) is 13.4. The number of unbranched alkanes of at least 4 members (excludes halogenated alkanes) is 2. The lowest BCUT2D eigenvalue weighted by Crippen LogP contribution is -2.25. The molecule has 1 aromatic heterocycles. The zero-order chi connectivity index (χ0) is 15.5. The summed E-state index contributed by atoms with van der Waals surface area (Å²) in [4.78, 5) is 22.4. The lowest BCUT2D eigenvalue weighted by Gasteiger charge is -2.10. The highest BCUT2D eigenvalue weighted by Crippen LogP contribution is 2.01. The Balaban J connectivity index is 2.38. The molecule has 0 radical (unpaired) electrons. The van der Waals surface area contributed by atoms with Crippen molar-refractivity contribution >= 4 is 11.9 Å². The smallest absolute Gasteiger partial charge is 0.270 e. The third kappa shape index (κ3) is 7.60. The molecule has 1 heterocycles. The van der Waals surface area contributed by atoms with E-state index >= 15 is 0 Å². The molecule has 0 unspecified atom stereocenters. The molecule has 118 valence electrons. The third-order valence-corrected chi connectivity index (χ3v) is 3.02. The Morgan fingerprint density at radius 1 is 1.24 bits per heavy atom. The monoisotopic (exact) mass is 293 g/mol. The van der Waals surface area contributed by atoms with Gasteiger partial charge in [0.05, 0.1) is 0 Å². The first kappa shape index (κ1) is 17.4. The molecule has 0 aliphatic rings. The first-order valence-corrected chi connectivity index (χ1v) is 7.63. The topological polar surface area (TPSA) is 70.2 Å². The Bertz CT molecular complexity index is 422. The summed E-state index contributed by atoms with van der Waals surface area (Å²) >= 11 is 0. The summed E-state index contributed by atoms with van der Waals surface area (Å²) in [5, 5.41) is 6.02. The molecule has 0 atom stereocenters. The highest BCUT2D eigenvalue weighted by molar-refractivity contribution is 5.92. The van der Waals surface area contributed by atoms with Crippen molar-refractivity contribution in [2.24, 2.45) is 0 Å². The van der Waals surface area contributed by atoms with Gasteiger partial charge in [0.1, 0.15) is 5.69 Å². The maximum atomic E-state index is 11.9. The van der Waals surface area contributed by atoms with Gasteiger partial charge < -0.3 is 15.5 Å². The first-order chi connectivity index (χ1) is 10.1. The highest BCUT2D eigenvalue weighted by Gasteiger charge is 2.07. The van der Waals surface area contributed by atoms with Crippen LogP contribution in [0.5, 0.6) is 0 Å². The summed E-state index contributed by atoms with van der Waals surface area (Å²) in [5.74, 6) is 0.375. The Labute approximate surface area is 127 Å². The van der Waals surface area contributed by atoms with E-state index in [2.05, 4.69) is 32.4 Å². The van der Waals surface area contributed by atoms with Crippen molar-refractivity contribution < 1.29 is 4.79 Å². The van der Waals surface area contributed by atoms with Crippen molar-refractivity contribution in [3.63, 3.8) is 0 Å². The number of aromatic nitrogens is 2. The second-order valence-electron chi connectivity index (χ2n) is 5.31. The quantitative estimate of drug-likeness (QED) is 0.643. The van der Waals surface area contributed by atoms with Gasteiger partial charge in [-0.05, 0) is 39.5 Å². The summed E-state index contributed by atoms with van der Waals surface area (Å²) in [5.41, 5.74) is 0.414. The van der Waals surface area contributed by atoms with Crippen LogP contribution in [-0.2, 0) is 0 Å². The fourth-order valence-corrected chi connectivity index (χ4v) is 1.83. The SMILES string of the molecule is CCCCCNC(=O)c1ccnc(NCCCN(C)C)n1. The number of nitrogens with zero attached hydrogens (tertiary/aromatic N) is 3. The average Bonchev–Trinajstić information content (AvgIpc) is 2.48. The maximum absolute atomic E-state index is 11.9. The van der Waals surface area contributed by atoms with Crippen molar-refractivity contribution in [3.8, 4) is 0 Å². The second-order valence-corrected chi connectivity index (χ2v) is 5.31. The number of carbonyl (C=O) groups excluding carboxylic acids is 1. The van der Waals surface area contributed by atoms with E-state index in [4.69, 9.17) is 0 Å². The molecule has 0 saturated carbocycles. The van der Waals surface area contributed by atoms with Gasteiger partial charge in [-0.2, -0.15) is 0 Å². The van der Waals surface area contributed by atoms with E-state index in [-0.39, 0.29) is 5.91 Å². The minimum absolute atomic E-state index is 0.134. The summed E-state index contributed by atoms with van der Waals surface area (Å²) in [6.45, 7) is 4.63. The lowest BCUT2D eigenvalue weighted by molar-refractivity contribution is 0.0948. The number of hydrogen-bond acceptors (Lipinski definition) is 5. The zero-order valence-electron chi connectivity index (χ0n) is 13.4. The Hall–Kier alpha value is -1.69. The average molecular weight is 293 g/mol. The van der Waals surface area contributed by atoms with Gasteiger partial charge in [-0.1, -0.05) is 19.8 Å². The lowest BCUT2D eigenvalue weighted by atomic mass is 10.2. The van der Waals surface area contributed by atoms with Crippen molar-refractivity contribution in [2.75, 3.05) is 39.0 Å². The highest BCUT2D eigenvalue weighted by atomic mass is 16.1. The molecule has 6 nitrogen and oxygen atoms in total. The predicted molar refractivity (Wildman–Crippen MR) is 85.6 cm³/mol. The van der Waals surface area contributed by atoms with Crippen molar-refractivity contribution in [3.05, 3.63) is 18.0 Å². The van der Waals surface area contributed by atoms with Crippen LogP contribution in [0.1, 0.15) is 43.1 Å². The van der Waals surface area contributed by atoms with Gasteiger partial charge in [-0.15, -0.1) is 0 Å². The molecule has 0 fully saturated rings. The molecular weight excluding hydrogens is 266 g/mol. The molecule has 1 rings (SSSR count). The molecule has 0 aromatic carbocycles. The summed E-state index contributed by atoms with van der Waals surface area (Å²) in [6, 6.07) is 1.64. The van der Waals surface area contributed by atoms with Crippen LogP contribution in [0.3, 0.4) is 0 Å². The fourth-order valence-electron chi connectivity index (χ4n) is 1.83. The maximum Gasteiger partial charge on any atom is 0.270 e. The third-order valence-electron chi connectivity index (χ3n) is 3.02. The van der Waals surface area contributed by atoms with Crippen LogP contribution in [0.4, 0.5) is 5.95 Å². The van der Waals surface area contributed by atoms with Gasteiger partial charge in [0.25, 0.3) is 5.91 Å². The normalized spacial score (nSPS) is 10.7. The Kier molecular flexibility index (Phi) is 8.35. The number of carbonyl (C=O) groups is 1. The van der Waals surface area contributed by atoms with E-state index in [1.54, 1.807) is 12.3 Å². The molecule has 0 bridgehead atoms. The molecule has 0 aliphatic heterocycles. The second kappa shape index (κ2) is 10.1. The van der Waals surface area contributed by atoms with Crippen molar-refractivity contribution in [1.82, 2.24) is 20.2 Å². The van der Waals surface area contributed by atoms with E-state index in [0.717, 1.165) is 38.8 Å². The van der Waals surface area contributed by atoms with Gasteiger partial charge in [0.2, 0.25) is 5.95 Å². The molecule has 2 N–H and O–H groups in total. The molecule has 0 saturated heterocycles. The minimum Gasteiger partial charge on any atom is -0.354 e. The number of amides is 1. The predicted octanol–water partition coefficient (Wildman–Crippen LogP) is 1.76. The number of rotatable bonds is 10. The Morgan fingerprint density at radius 2 is 2.05 bits per heavy atom. The van der Waals surface area contributed by atoms with E-state index in [9.17, 15) is 4.79 Å². The summed E-state index contributed by atoms with van der Waals surface area (Å²) < 4.78 is 0. The van der Waals surface area contributed by atoms with Crippen LogP contribution in [0.2, 0.25) is 0 Å². The van der Waals surface area contributed by atoms with E-state index in [1.165, 1.54) is 0 Å². The van der Waals surface area contributed by atoms with E-state index < -0.39 is 0 Å². The van der Waals surface area contributed by atoms with Crippen LogP contribution in [-0.4, -0.2) is 54.5 Å². The van der Waals surface area contributed by atoms with Gasteiger partial charge in [-0.25, -0.2) is 9.97 Å². The van der Waals surface area contributed by atoms with Crippen molar-refractivity contribution in [2.45, 2.75) is 32.6 Å². The van der Waals surface area contributed by atoms with Crippen LogP contribution >= 0.6 is 0 Å².